The molecule has 1 aromatic rings. The maximum absolute atomic E-state index is 12.6. The normalized spacial score (nSPS) is 26.0. The Hall–Kier alpha value is -2.60. The second-order valence-corrected chi connectivity index (χ2v) is 7.54. The van der Waals surface area contributed by atoms with Gasteiger partial charge in [-0.2, -0.15) is 13.2 Å². The second kappa shape index (κ2) is 9.69. The molecule has 3 atom stereocenters. The number of alkyl halides is 3. The molecule has 0 saturated carbocycles. The van der Waals surface area contributed by atoms with Crippen molar-refractivity contribution in [2.75, 3.05) is 39.4 Å². The third-order valence-corrected chi connectivity index (χ3v) is 5.52. The zero-order valence-electron chi connectivity index (χ0n) is 16.6. The molecule has 4 rings (SSSR count). The highest BCUT2D eigenvalue weighted by atomic mass is 19.4. The average Bonchev–Trinajstić information content (AvgIpc) is 3.42. The minimum atomic E-state index is -5.08. The first-order valence-corrected chi connectivity index (χ1v) is 9.91. The number of aromatic amines is 1. The van der Waals surface area contributed by atoms with Crippen LogP contribution in [0.4, 0.5) is 13.2 Å². The van der Waals surface area contributed by atoms with Gasteiger partial charge in [0.15, 0.2) is 0 Å². The van der Waals surface area contributed by atoms with Crippen molar-refractivity contribution in [2.45, 2.75) is 31.2 Å². The standard InChI is InChI=1S/C17H23N3O4.C2HF3O2/c21-16(13-1-3-18-10-13)20-4-2-12-9-14(24-15(12)11-20)17(22)19-5-7-23-8-6-19;3-2(4,5)1(6)7/h1,3,10,12,14-15,18H,2,4-9,11H2;(H,6,7)/t12-,14?,15-;/m0./s1. The summed E-state index contributed by atoms with van der Waals surface area (Å²) < 4.78 is 43.1. The summed E-state index contributed by atoms with van der Waals surface area (Å²) in [6.45, 7) is 3.79. The molecule has 2 amide bonds. The quantitative estimate of drug-likeness (QED) is 0.703. The molecule has 3 aliphatic rings. The number of nitrogens with one attached hydrogen (secondary N) is 1. The number of amides is 2. The molecule has 1 unspecified atom stereocenters. The van der Waals surface area contributed by atoms with Gasteiger partial charge >= 0.3 is 12.1 Å². The smallest absolute Gasteiger partial charge is 0.475 e. The number of aliphatic carboxylic acids is 1. The Morgan fingerprint density at radius 2 is 1.81 bits per heavy atom. The molecule has 0 aliphatic carbocycles. The van der Waals surface area contributed by atoms with Crippen LogP contribution in [0.15, 0.2) is 18.5 Å². The van der Waals surface area contributed by atoms with Gasteiger partial charge in [-0.3, -0.25) is 9.59 Å². The number of halogens is 3. The van der Waals surface area contributed by atoms with Gasteiger partial charge in [-0.25, -0.2) is 4.79 Å². The maximum Gasteiger partial charge on any atom is 0.490 e. The summed E-state index contributed by atoms with van der Waals surface area (Å²) in [6, 6.07) is 1.79. The summed E-state index contributed by atoms with van der Waals surface area (Å²) in [5.74, 6) is -2.28. The van der Waals surface area contributed by atoms with Crippen molar-refractivity contribution in [2.24, 2.45) is 5.92 Å². The van der Waals surface area contributed by atoms with E-state index in [0.717, 1.165) is 19.4 Å². The second-order valence-electron chi connectivity index (χ2n) is 7.54. The first kappa shape index (κ1) is 23.1. The summed E-state index contributed by atoms with van der Waals surface area (Å²) in [7, 11) is 0. The number of hydrogen-bond acceptors (Lipinski definition) is 5. The van der Waals surface area contributed by atoms with Crippen LogP contribution in [0, 0.1) is 5.92 Å². The number of H-pyrrole nitrogens is 1. The van der Waals surface area contributed by atoms with Gasteiger partial charge in [-0.05, 0) is 24.8 Å². The van der Waals surface area contributed by atoms with Crippen molar-refractivity contribution >= 4 is 17.8 Å². The molecule has 0 spiro atoms. The molecule has 0 bridgehead atoms. The number of carbonyl (C=O) groups excluding carboxylic acids is 2. The molecule has 0 aromatic carbocycles. The van der Waals surface area contributed by atoms with E-state index in [2.05, 4.69) is 4.98 Å². The Balaban J connectivity index is 0.000000339. The van der Waals surface area contributed by atoms with Crippen LogP contribution in [-0.4, -0.2) is 95.5 Å². The predicted molar refractivity (Wildman–Crippen MR) is 99.2 cm³/mol. The van der Waals surface area contributed by atoms with E-state index in [1.807, 2.05) is 9.80 Å². The number of rotatable bonds is 2. The third kappa shape index (κ3) is 5.76. The number of piperidine rings is 1. The maximum atomic E-state index is 12.6. The van der Waals surface area contributed by atoms with Crippen LogP contribution in [0.3, 0.4) is 0 Å². The SMILES string of the molecule is O=C(O)C(F)(F)F.O=C(c1cc[nH]c1)N1CC[C@H]2CC(C(=O)N3CCOCC3)O[C@H]2C1. The van der Waals surface area contributed by atoms with Crippen LogP contribution < -0.4 is 0 Å². The average molecular weight is 447 g/mol. The van der Waals surface area contributed by atoms with E-state index in [9.17, 15) is 22.8 Å². The zero-order valence-corrected chi connectivity index (χ0v) is 16.6. The van der Waals surface area contributed by atoms with Gasteiger partial charge in [0.2, 0.25) is 0 Å². The molecular formula is C19H24F3N3O6. The lowest BCUT2D eigenvalue weighted by molar-refractivity contribution is -0.192. The van der Waals surface area contributed by atoms with E-state index in [1.165, 1.54) is 0 Å². The summed E-state index contributed by atoms with van der Waals surface area (Å²) in [5.41, 5.74) is 0.674. The number of fused-ring (bicyclic) bond motifs is 1. The minimum absolute atomic E-state index is 0.0289. The Morgan fingerprint density at radius 3 is 2.39 bits per heavy atom. The molecule has 12 heteroatoms. The third-order valence-electron chi connectivity index (χ3n) is 5.52. The van der Waals surface area contributed by atoms with Crippen molar-refractivity contribution in [1.82, 2.24) is 14.8 Å². The van der Waals surface area contributed by atoms with Gasteiger partial charge in [-0.1, -0.05) is 0 Å². The van der Waals surface area contributed by atoms with Crippen molar-refractivity contribution in [3.8, 4) is 0 Å². The molecule has 2 N–H and O–H groups in total. The fourth-order valence-electron chi connectivity index (χ4n) is 3.90. The summed E-state index contributed by atoms with van der Waals surface area (Å²) in [4.78, 5) is 40.6. The number of nitrogens with zero attached hydrogens (tertiary/aromatic N) is 2. The number of likely N-dealkylation sites (tertiary alicyclic amines) is 1. The van der Waals surface area contributed by atoms with Gasteiger partial charge in [-0.15, -0.1) is 0 Å². The first-order chi connectivity index (χ1) is 14.7. The summed E-state index contributed by atoms with van der Waals surface area (Å²) in [5, 5.41) is 7.12. The molecule has 3 aliphatic heterocycles. The van der Waals surface area contributed by atoms with E-state index < -0.39 is 12.1 Å². The number of ether oxygens (including phenoxy) is 2. The number of hydrogen-bond donors (Lipinski definition) is 2. The molecule has 4 heterocycles. The number of carboxylic acids is 1. The van der Waals surface area contributed by atoms with E-state index in [0.29, 0.717) is 44.3 Å². The molecule has 172 valence electrons. The largest absolute Gasteiger partial charge is 0.490 e. The van der Waals surface area contributed by atoms with Crippen LogP contribution in [0.25, 0.3) is 0 Å². The Labute approximate surface area is 176 Å². The van der Waals surface area contributed by atoms with E-state index in [-0.39, 0.29) is 24.0 Å². The van der Waals surface area contributed by atoms with Gasteiger partial charge in [0.05, 0.1) is 24.9 Å². The zero-order chi connectivity index (χ0) is 22.6. The van der Waals surface area contributed by atoms with E-state index in [1.54, 1.807) is 18.5 Å². The lowest BCUT2D eigenvalue weighted by Crippen LogP contribution is -2.46. The number of morpholine rings is 1. The molecule has 3 saturated heterocycles. The Morgan fingerprint density at radius 1 is 1.13 bits per heavy atom. The van der Waals surface area contributed by atoms with Crippen LogP contribution in [0.2, 0.25) is 0 Å². The van der Waals surface area contributed by atoms with E-state index in [4.69, 9.17) is 19.4 Å². The lowest BCUT2D eigenvalue weighted by atomic mass is 9.91. The van der Waals surface area contributed by atoms with Crippen LogP contribution >= 0.6 is 0 Å². The highest BCUT2D eigenvalue weighted by Crippen LogP contribution is 2.34. The van der Waals surface area contributed by atoms with E-state index >= 15 is 0 Å². The highest BCUT2D eigenvalue weighted by molar-refractivity contribution is 5.94. The molecule has 3 fully saturated rings. The Bertz CT molecular complexity index is 779. The van der Waals surface area contributed by atoms with Gasteiger partial charge < -0.3 is 29.4 Å². The van der Waals surface area contributed by atoms with Crippen molar-refractivity contribution < 1.29 is 42.1 Å². The minimum Gasteiger partial charge on any atom is -0.475 e. The molecular weight excluding hydrogens is 423 g/mol. The highest BCUT2D eigenvalue weighted by Gasteiger charge is 2.44. The van der Waals surface area contributed by atoms with Crippen LogP contribution in [0.5, 0.6) is 0 Å². The van der Waals surface area contributed by atoms with Crippen LogP contribution in [-0.2, 0) is 19.1 Å². The number of aromatic nitrogens is 1. The number of carbonyl (C=O) groups is 3. The molecule has 31 heavy (non-hydrogen) atoms. The Kier molecular flexibility index (Phi) is 7.21. The summed E-state index contributed by atoms with van der Waals surface area (Å²) in [6.07, 6.45) is -0.338. The van der Waals surface area contributed by atoms with Gasteiger partial charge in [0.1, 0.15) is 6.10 Å². The summed E-state index contributed by atoms with van der Waals surface area (Å²) >= 11 is 0. The molecule has 1 aromatic heterocycles. The lowest BCUT2D eigenvalue weighted by Gasteiger charge is -2.34. The van der Waals surface area contributed by atoms with Crippen molar-refractivity contribution in [3.05, 3.63) is 24.0 Å². The van der Waals surface area contributed by atoms with Crippen LogP contribution in [0.1, 0.15) is 23.2 Å². The number of carboxylic acid groups (broad SMARTS) is 1. The van der Waals surface area contributed by atoms with Crippen molar-refractivity contribution in [3.63, 3.8) is 0 Å². The molecule has 9 nitrogen and oxygen atoms in total. The fourth-order valence-corrected chi connectivity index (χ4v) is 3.90. The first-order valence-electron chi connectivity index (χ1n) is 9.91. The van der Waals surface area contributed by atoms with Gasteiger partial charge in [0, 0.05) is 38.6 Å². The van der Waals surface area contributed by atoms with Crippen molar-refractivity contribution in [1.29, 1.82) is 0 Å². The monoisotopic (exact) mass is 447 g/mol. The fraction of sp³-hybridized carbons (Fsp3) is 0.632. The topological polar surface area (TPSA) is 112 Å². The van der Waals surface area contributed by atoms with Gasteiger partial charge in [0.25, 0.3) is 11.8 Å². The predicted octanol–water partition coefficient (Wildman–Crippen LogP) is 1.13. The molecule has 0 radical (unpaired) electrons.